The Hall–Kier alpha value is -3.00. The van der Waals surface area contributed by atoms with Gasteiger partial charge in [-0.15, -0.1) is 0 Å². The van der Waals surface area contributed by atoms with E-state index in [0.717, 1.165) is 11.1 Å². The van der Waals surface area contributed by atoms with E-state index in [0.29, 0.717) is 0 Å². The summed E-state index contributed by atoms with van der Waals surface area (Å²) in [6.45, 7) is 4.87. The Morgan fingerprint density at radius 1 is 1.15 bits per heavy atom. The molecule has 0 radical (unpaired) electrons. The summed E-state index contributed by atoms with van der Waals surface area (Å²) in [6, 6.07) is 8.87. The van der Waals surface area contributed by atoms with Crippen molar-refractivity contribution >= 4 is 29.1 Å². The lowest BCUT2D eigenvalue weighted by molar-refractivity contribution is -0.385. The van der Waals surface area contributed by atoms with Gasteiger partial charge in [0.05, 0.1) is 16.0 Å². The molecule has 2 rings (SSSR count). The van der Waals surface area contributed by atoms with Gasteiger partial charge >= 0.3 is 0 Å². The summed E-state index contributed by atoms with van der Waals surface area (Å²) in [7, 11) is 0. The lowest BCUT2D eigenvalue weighted by Gasteiger charge is -2.35. The Balaban J connectivity index is 2.41. The van der Waals surface area contributed by atoms with Gasteiger partial charge in [0.2, 0.25) is 0 Å². The Morgan fingerprint density at radius 3 is 2.33 bits per heavy atom. The van der Waals surface area contributed by atoms with Crippen molar-refractivity contribution in [3.8, 4) is 0 Å². The van der Waals surface area contributed by atoms with E-state index in [1.807, 2.05) is 0 Å². The van der Waals surface area contributed by atoms with Crippen LogP contribution in [0.3, 0.4) is 0 Å². The molecule has 1 N–H and O–H groups in total. The number of hydrogen-bond acceptors (Lipinski definition) is 4. The summed E-state index contributed by atoms with van der Waals surface area (Å²) in [5.41, 5.74) is 0.477. The van der Waals surface area contributed by atoms with Gasteiger partial charge in [-0.05, 0) is 45.0 Å². The SMILES string of the molecule is CC(C)(C)N(NC(=O)c1ccc(Cl)cc1F)C(=O)c1ccccc1[N+](=O)[O-]. The third-order valence-electron chi connectivity index (χ3n) is 3.59. The predicted molar refractivity (Wildman–Crippen MR) is 97.9 cm³/mol. The number of carbonyl (C=O) groups excluding carboxylic acids is 2. The molecular formula is C18H17ClFN3O4. The summed E-state index contributed by atoms with van der Waals surface area (Å²) in [4.78, 5) is 35.9. The van der Waals surface area contributed by atoms with Gasteiger partial charge in [0, 0.05) is 11.1 Å². The zero-order valence-corrected chi connectivity index (χ0v) is 15.6. The van der Waals surface area contributed by atoms with Crippen molar-refractivity contribution in [2.75, 3.05) is 0 Å². The molecule has 2 aromatic carbocycles. The van der Waals surface area contributed by atoms with Gasteiger partial charge in [-0.3, -0.25) is 25.1 Å². The van der Waals surface area contributed by atoms with Crippen LogP contribution in [-0.2, 0) is 0 Å². The Morgan fingerprint density at radius 2 is 1.78 bits per heavy atom. The molecule has 0 unspecified atom stereocenters. The van der Waals surface area contributed by atoms with E-state index in [4.69, 9.17) is 11.6 Å². The van der Waals surface area contributed by atoms with Crippen molar-refractivity contribution in [2.45, 2.75) is 26.3 Å². The van der Waals surface area contributed by atoms with Crippen LogP contribution in [0.5, 0.6) is 0 Å². The summed E-state index contributed by atoms with van der Waals surface area (Å²) in [5, 5.41) is 12.3. The molecule has 2 aromatic rings. The predicted octanol–water partition coefficient (Wildman–Crippen LogP) is 3.97. The molecule has 7 nitrogen and oxygen atoms in total. The van der Waals surface area contributed by atoms with E-state index < -0.39 is 33.8 Å². The van der Waals surface area contributed by atoms with Crippen LogP contribution < -0.4 is 5.43 Å². The second kappa shape index (κ2) is 7.71. The van der Waals surface area contributed by atoms with E-state index in [-0.39, 0.29) is 16.1 Å². The third kappa shape index (κ3) is 4.59. The Bertz CT molecular complexity index is 912. The number of amides is 2. The molecule has 0 aliphatic rings. The maximum absolute atomic E-state index is 14.0. The van der Waals surface area contributed by atoms with Crippen LogP contribution in [0.2, 0.25) is 5.02 Å². The number of halogens is 2. The fraction of sp³-hybridized carbons (Fsp3) is 0.222. The smallest absolute Gasteiger partial charge is 0.267 e. The van der Waals surface area contributed by atoms with Crippen LogP contribution in [0.1, 0.15) is 41.5 Å². The molecule has 9 heteroatoms. The lowest BCUT2D eigenvalue weighted by Crippen LogP contribution is -2.56. The topological polar surface area (TPSA) is 92.6 Å². The van der Waals surface area contributed by atoms with Crippen LogP contribution in [0.15, 0.2) is 42.5 Å². The average molecular weight is 394 g/mol. The number of rotatable bonds is 3. The van der Waals surface area contributed by atoms with E-state index >= 15 is 0 Å². The number of nitro groups is 1. The molecule has 0 bridgehead atoms. The highest BCUT2D eigenvalue weighted by Gasteiger charge is 2.33. The first kappa shape index (κ1) is 20.3. The van der Waals surface area contributed by atoms with Crippen LogP contribution in [0.25, 0.3) is 0 Å². The van der Waals surface area contributed by atoms with E-state index in [9.17, 15) is 24.1 Å². The van der Waals surface area contributed by atoms with Gasteiger partial charge in [-0.2, -0.15) is 0 Å². The van der Waals surface area contributed by atoms with Crippen molar-refractivity contribution < 1.29 is 18.9 Å². The van der Waals surface area contributed by atoms with E-state index in [2.05, 4.69) is 5.43 Å². The Kier molecular flexibility index (Phi) is 5.80. The molecule has 0 aromatic heterocycles. The monoisotopic (exact) mass is 393 g/mol. The van der Waals surface area contributed by atoms with Crippen LogP contribution in [-0.4, -0.2) is 27.3 Å². The number of benzene rings is 2. The minimum atomic E-state index is -0.945. The second-order valence-corrected chi connectivity index (χ2v) is 7.09. The summed E-state index contributed by atoms with van der Waals surface area (Å²) >= 11 is 5.68. The number of hydrogen-bond donors (Lipinski definition) is 1. The van der Waals surface area contributed by atoms with Gasteiger partial charge in [0.25, 0.3) is 17.5 Å². The van der Waals surface area contributed by atoms with Crippen molar-refractivity contribution in [2.24, 2.45) is 0 Å². The molecule has 142 valence electrons. The van der Waals surface area contributed by atoms with Gasteiger partial charge < -0.3 is 0 Å². The number of para-hydroxylation sites is 1. The zero-order valence-electron chi connectivity index (χ0n) is 14.8. The van der Waals surface area contributed by atoms with Gasteiger partial charge in [0.15, 0.2) is 0 Å². The van der Waals surface area contributed by atoms with Crippen LogP contribution >= 0.6 is 11.6 Å². The second-order valence-electron chi connectivity index (χ2n) is 6.65. The molecule has 0 atom stereocenters. The molecule has 27 heavy (non-hydrogen) atoms. The van der Waals surface area contributed by atoms with Crippen molar-refractivity contribution in [1.29, 1.82) is 0 Å². The number of hydrazine groups is 1. The van der Waals surface area contributed by atoms with E-state index in [1.54, 1.807) is 20.8 Å². The van der Waals surface area contributed by atoms with Gasteiger partial charge in [0.1, 0.15) is 11.4 Å². The highest BCUT2D eigenvalue weighted by Crippen LogP contribution is 2.23. The first-order valence-corrected chi connectivity index (χ1v) is 8.24. The quantitative estimate of drug-likeness (QED) is 0.630. The minimum Gasteiger partial charge on any atom is -0.267 e. The maximum atomic E-state index is 14.0. The summed E-state index contributed by atoms with van der Waals surface area (Å²) in [5.74, 6) is -2.53. The highest BCUT2D eigenvalue weighted by molar-refractivity contribution is 6.30. The first-order valence-electron chi connectivity index (χ1n) is 7.86. The van der Waals surface area contributed by atoms with Crippen molar-refractivity contribution in [3.05, 3.63) is 74.5 Å². The van der Waals surface area contributed by atoms with Crippen LogP contribution in [0, 0.1) is 15.9 Å². The molecule has 0 saturated carbocycles. The fourth-order valence-electron chi connectivity index (χ4n) is 2.29. The fourth-order valence-corrected chi connectivity index (χ4v) is 2.45. The van der Waals surface area contributed by atoms with Crippen LogP contribution in [0.4, 0.5) is 10.1 Å². The highest BCUT2D eigenvalue weighted by atomic mass is 35.5. The molecule has 0 spiro atoms. The molecule has 0 aliphatic heterocycles. The number of nitrogens with one attached hydrogen (secondary N) is 1. The largest absolute Gasteiger partial charge is 0.282 e. The normalized spacial score (nSPS) is 11.0. The molecular weight excluding hydrogens is 377 g/mol. The maximum Gasteiger partial charge on any atom is 0.282 e. The number of nitro benzene ring substituents is 1. The zero-order chi connectivity index (χ0) is 20.4. The Labute approximate surface area is 159 Å². The van der Waals surface area contributed by atoms with E-state index in [1.165, 1.54) is 36.4 Å². The summed E-state index contributed by atoms with van der Waals surface area (Å²) in [6.07, 6.45) is 0. The molecule has 0 heterocycles. The van der Waals surface area contributed by atoms with Gasteiger partial charge in [-0.1, -0.05) is 23.7 Å². The lowest BCUT2D eigenvalue weighted by atomic mass is 10.1. The third-order valence-corrected chi connectivity index (χ3v) is 3.83. The average Bonchev–Trinajstić information content (AvgIpc) is 2.57. The standard InChI is InChI=1S/C18H17ClFN3O4/c1-18(2,3)22(17(25)13-6-4-5-7-15(13)23(26)27)21-16(24)12-9-8-11(19)10-14(12)20/h4-10H,1-3H3,(H,21,24). The summed E-state index contributed by atoms with van der Waals surface area (Å²) < 4.78 is 14.0. The number of nitrogens with zero attached hydrogens (tertiary/aromatic N) is 2. The molecule has 0 saturated heterocycles. The number of carbonyl (C=O) groups is 2. The molecule has 2 amide bonds. The minimum absolute atomic E-state index is 0.118. The molecule has 0 aliphatic carbocycles. The van der Waals surface area contributed by atoms with Crippen molar-refractivity contribution in [1.82, 2.24) is 10.4 Å². The van der Waals surface area contributed by atoms with Gasteiger partial charge in [-0.25, -0.2) is 9.40 Å². The van der Waals surface area contributed by atoms with Crippen molar-refractivity contribution in [3.63, 3.8) is 0 Å². The first-order chi connectivity index (χ1) is 12.5. The molecule has 0 fully saturated rings.